The summed E-state index contributed by atoms with van der Waals surface area (Å²) in [5.41, 5.74) is 0.908. The fourth-order valence-corrected chi connectivity index (χ4v) is 1.52. The normalized spacial score (nSPS) is 11.7. The van der Waals surface area contributed by atoms with Crippen molar-refractivity contribution in [1.29, 1.82) is 0 Å². The molecule has 0 aliphatic heterocycles. The fourth-order valence-electron chi connectivity index (χ4n) is 1.52. The van der Waals surface area contributed by atoms with Gasteiger partial charge in [-0.15, -0.1) is 0 Å². The van der Waals surface area contributed by atoms with Crippen LogP contribution in [0.5, 0.6) is 5.75 Å². The summed E-state index contributed by atoms with van der Waals surface area (Å²) in [6.07, 6.45) is 0.605. The van der Waals surface area contributed by atoms with Gasteiger partial charge in [-0.3, -0.25) is 9.59 Å². The minimum atomic E-state index is -0.276. The van der Waals surface area contributed by atoms with Crippen LogP contribution >= 0.6 is 0 Å². The van der Waals surface area contributed by atoms with Crippen LogP contribution < -0.4 is 10.1 Å². The van der Waals surface area contributed by atoms with Crippen molar-refractivity contribution in [2.45, 2.75) is 19.9 Å². The Hall–Kier alpha value is -1.95. The van der Waals surface area contributed by atoms with E-state index in [1.54, 1.807) is 26.2 Å². The lowest BCUT2D eigenvalue weighted by molar-refractivity contribution is -0.124. The number of ether oxygens (including phenoxy) is 2. The van der Waals surface area contributed by atoms with Gasteiger partial charge in [0.05, 0.1) is 6.61 Å². The summed E-state index contributed by atoms with van der Waals surface area (Å²) in [6.45, 7) is 3.86. The van der Waals surface area contributed by atoms with E-state index < -0.39 is 0 Å². The van der Waals surface area contributed by atoms with E-state index in [0.717, 1.165) is 0 Å². The zero-order valence-corrected chi connectivity index (χ0v) is 11.3. The number of hydrogen-bond acceptors (Lipinski definition) is 5. The second-order valence-corrected chi connectivity index (χ2v) is 4.17. The molecule has 0 bridgehead atoms. The molecule has 0 aliphatic rings. The molecule has 0 saturated carbocycles. The average molecular weight is 266 g/mol. The number of nitrogens with zero attached hydrogens (tertiary/aromatic N) is 1. The van der Waals surface area contributed by atoms with Gasteiger partial charge in [-0.2, -0.15) is 0 Å². The number of pyridine rings is 1. The quantitative estimate of drug-likeness (QED) is 0.736. The molecule has 0 radical (unpaired) electrons. The highest BCUT2D eigenvalue weighted by molar-refractivity contribution is 5.79. The largest absolute Gasteiger partial charge is 0.481 e. The number of aromatic nitrogens is 1. The van der Waals surface area contributed by atoms with Gasteiger partial charge in [0.2, 0.25) is 0 Å². The van der Waals surface area contributed by atoms with Gasteiger partial charge in [0.1, 0.15) is 11.4 Å². The predicted octanol–water partition coefficient (Wildman–Crippen LogP) is 0.732. The second kappa shape index (κ2) is 7.48. The number of rotatable bonds is 7. The number of amides is 1. The molecule has 0 aliphatic carbocycles. The number of methoxy groups -OCH3 is 1. The van der Waals surface area contributed by atoms with Gasteiger partial charge in [-0.1, -0.05) is 0 Å². The Balaban J connectivity index is 2.52. The molecule has 1 amide bonds. The first-order valence-electron chi connectivity index (χ1n) is 5.90. The highest BCUT2D eigenvalue weighted by Crippen LogP contribution is 2.14. The minimum Gasteiger partial charge on any atom is -0.481 e. The third-order valence-electron chi connectivity index (χ3n) is 2.32. The van der Waals surface area contributed by atoms with Crippen LogP contribution in [0.2, 0.25) is 0 Å². The molecule has 0 aromatic carbocycles. The van der Waals surface area contributed by atoms with Gasteiger partial charge in [-0.25, -0.2) is 4.98 Å². The summed E-state index contributed by atoms with van der Waals surface area (Å²) in [6, 6.07) is 3.24. The topological polar surface area (TPSA) is 77.5 Å². The molecule has 1 unspecified atom stereocenters. The molecule has 0 saturated heterocycles. The van der Waals surface area contributed by atoms with Crippen molar-refractivity contribution in [1.82, 2.24) is 10.3 Å². The molecule has 1 N–H and O–H groups in total. The van der Waals surface area contributed by atoms with E-state index in [9.17, 15) is 9.59 Å². The van der Waals surface area contributed by atoms with E-state index in [0.29, 0.717) is 24.3 Å². The van der Waals surface area contributed by atoms with E-state index in [1.807, 2.05) is 6.92 Å². The van der Waals surface area contributed by atoms with Crippen molar-refractivity contribution < 1.29 is 19.1 Å². The lowest BCUT2D eigenvalue weighted by Crippen LogP contribution is -2.38. The summed E-state index contributed by atoms with van der Waals surface area (Å²) >= 11 is 0. The van der Waals surface area contributed by atoms with Gasteiger partial charge < -0.3 is 14.8 Å². The van der Waals surface area contributed by atoms with Crippen LogP contribution in [0, 0.1) is 6.92 Å². The number of aldehydes is 1. The molecule has 0 fully saturated rings. The van der Waals surface area contributed by atoms with Crippen LogP contribution in [0.1, 0.15) is 23.1 Å². The first-order chi connectivity index (χ1) is 9.06. The van der Waals surface area contributed by atoms with Gasteiger partial charge in [-0.05, 0) is 26.0 Å². The number of aryl methyl sites for hydroxylation is 1. The molecule has 1 aromatic heterocycles. The Bertz CT molecular complexity index is 448. The maximum absolute atomic E-state index is 11.6. The van der Waals surface area contributed by atoms with Crippen LogP contribution in [0.15, 0.2) is 12.1 Å². The van der Waals surface area contributed by atoms with E-state index in [4.69, 9.17) is 9.47 Å². The summed E-state index contributed by atoms with van der Waals surface area (Å²) in [5.74, 6) is 0.0251. The Kier molecular flexibility index (Phi) is 5.95. The Labute approximate surface area is 112 Å². The monoisotopic (exact) mass is 266 g/mol. The predicted molar refractivity (Wildman–Crippen MR) is 69.3 cm³/mol. The van der Waals surface area contributed by atoms with Crippen molar-refractivity contribution in [2.75, 3.05) is 20.3 Å². The maximum atomic E-state index is 11.6. The summed E-state index contributed by atoms with van der Waals surface area (Å²) in [4.78, 5) is 26.4. The van der Waals surface area contributed by atoms with Crippen LogP contribution in [0.4, 0.5) is 0 Å². The van der Waals surface area contributed by atoms with E-state index in [-0.39, 0.29) is 24.2 Å². The van der Waals surface area contributed by atoms with Crippen molar-refractivity contribution in [3.8, 4) is 5.75 Å². The fraction of sp³-hybridized carbons (Fsp3) is 0.462. The molecule has 1 atom stereocenters. The van der Waals surface area contributed by atoms with Crippen LogP contribution in [-0.2, 0) is 9.53 Å². The highest BCUT2D eigenvalue weighted by Gasteiger charge is 2.10. The Morgan fingerprint density at radius 2 is 2.26 bits per heavy atom. The molecule has 6 heteroatoms. The summed E-state index contributed by atoms with van der Waals surface area (Å²) < 4.78 is 10.2. The smallest absolute Gasteiger partial charge is 0.258 e. The second-order valence-electron chi connectivity index (χ2n) is 4.17. The summed E-state index contributed by atoms with van der Waals surface area (Å²) in [5, 5.41) is 2.70. The number of carbonyl (C=O) groups is 2. The number of carbonyl (C=O) groups excluding carboxylic acids is 2. The zero-order valence-electron chi connectivity index (χ0n) is 11.3. The third kappa shape index (κ3) is 5.05. The Morgan fingerprint density at radius 1 is 1.53 bits per heavy atom. The van der Waals surface area contributed by atoms with Crippen molar-refractivity contribution >= 4 is 12.2 Å². The first-order valence-corrected chi connectivity index (χ1v) is 5.90. The summed E-state index contributed by atoms with van der Waals surface area (Å²) in [7, 11) is 1.56. The molecule has 1 rings (SSSR count). The lowest BCUT2D eigenvalue weighted by atomic mass is 10.3. The van der Waals surface area contributed by atoms with Crippen molar-refractivity contribution in [2.24, 2.45) is 0 Å². The van der Waals surface area contributed by atoms with Crippen molar-refractivity contribution in [3.05, 3.63) is 23.5 Å². The van der Waals surface area contributed by atoms with E-state index in [1.165, 1.54) is 0 Å². The SMILES string of the molecule is COCC(C)NC(=O)COc1ccc(C)nc1C=O. The number of hydrogen-bond donors (Lipinski definition) is 1. The van der Waals surface area contributed by atoms with Crippen LogP contribution in [-0.4, -0.2) is 43.5 Å². The van der Waals surface area contributed by atoms with Crippen LogP contribution in [0.25, 0.3) is 0 Å². The molecule has 1 heterocycles. The molecule has 6 nitrogen and oxygen atoms in total. The molecular formula is C13H18N2O4. The Morgan fingerprint density at radius 3 is 2.89 bits per heavy atom. The molecule has 0 spiro atoms. The maximum Gasteiger partial charge on any atom is 0.258 e. The van der Waals surface area contributed by atoms with E-state index >= 15 is 0 Å². The molecule has 104 valence electrons. The van der Waals surface area contributed by atoms with Crippen molar-refractivity contribution in [3.63, 3.8) is 0 Å². The molecule has 1 aromatic rings. The van der Waals surface area contributed by atoms with Gasteiger partial charge in [0, 0.05) is 18.8 Å². The molecular weight excluding hydrogens is 248 g/mol. The highest BCUT2D eigenvalue weighted by atomic mass is 16.5. The number of nitrogens with one attached hydrogen (secondary N) is 1. The van der Waals surface area contributed by atoms with E-state index in [2.05, 4.69) is 10.3 Å². The average Bonchev–Trinajstić information content (AvgIpc) is 2.37. The zero-order chi connectivity index (χ0) is 14.3. The van der Waals surface area contributed by atoms with Gasteiger partial charge in [0.25, 0.3) is 5.91 Å². The van der Waals surface area contributed by atoms with Gasteiger partial charge in [0.15, 0.2) is 12.9 Å². The lowest BCUT2D eigenvalue weighted by Gasteiger charge is -2.13. The first kappa shape index (κ1) is 15.1. The molecule has 19 heavy (non-hydrogen) atoms. The van der Waals surface area contributed by atoms with Crippen LogP contribution in [0.3, 0.4) is 0 Å². The standard InChI is InChI=1S/C13H18N2O4/c1-9-4-5-12(11(6-16)14-9)19-8-13(17)15-10(2)7-18-3/h4-6,10H,7-8H2,1-3H3,(H,15,17). The third-order valence-corrected chi connectivity index (χ3v) is 2.32. The minimum absolute atomic E-state index is 0.0946. The van der Waals surface area contributed by atoms with Gasteiger partial charge >= 0.3 is 0 Å².